The fourth-order valence-electron chi connectivity index (χ4n) is 1.63. The maximum absolute atomic E-state index is 10.8. The molecule has 0 saturated heterocycles. The molecule has 6 heteroatoms. The van der Waals surface area contributed by atoms with Crippen LogP contribution in [0, 0.1) is 0 Å². The lowest BCUT2D eigenvalue weighted by Gasteiger charge is -2.14. The third-order valence-electron chi connectivity index (χ3n) is 2.58. The molecule has 0 aliphatic carbocycles. The predicted octanol–water partition coefficient (Wildman–Crippen LogP) is 2.94. The minimum absolute atomic E-state index is 0.0346. The Hall–Kier alpha value is -0.350. The van der Waals surface area contributed by atoms with Crippen LogP contribution in [-0.2, 0) is 23.4 Å². The fourth-order valence-corrected chi connectivity index (χ4v) is 2.05. The summed E-state index contributed by atoms with van der Waals surface area (Å²) in [5.74, 6) is 0. The summed E-state index contributed by atoms with van der Waals surface area (Å²) in [5, 5.41) is 0. The molecule has 0 aliphatic heterocycles. The molecule has 0 aromatic carbocycles. The molecule has 0 bridgehead atoms. The van der Waals surface area contributed by atoms with E-state index < -0.39 is 8.03 Å². The molecule has 0 aromatic rings. The van der Waals surface area contributed by atoms with Gasteiger partial charge in [-0.25, -0.2) is 0 Å². The molecule has 0 amide bonds. The standard InChI is InChI=1S/C13H26O5P/c1-4-16-13(8-9-14)7-5-6-10-17-12(2)11-18-19(3)15/h9,12-13H,4-8,10-11H2,1-3H3/q+1/t12-,13?/m1/s1. The number of unbranched alkanes of at least 4 members (excludes halogenated alkanes) is 1. The fraction of sp³-hybridized carbons (Fsp3) is 0.923. The Morgan fingerprint density at radius 3 is 2.58 bits per heavy atom. The van der Waals surface area contributed by atoms with Crippen LogP contribution in [0.15, 0.2) is 0 Å². The van der Waals surface area contributed by atoms with Crippen LogP contribution in [-0.4, -0.2) is 45.0 Å². The van der Waals surface area contributed by atoms with E-state index in [9.17, 15) is 9.36 Å². The van der Waals surface area contributed by atoms with Gasteiger partial charge in [0, 0.05) is 19.6 Å². The van der Waals surface area contributed by atoms with E-state index >= 15 is 0 Å². The average molecular weight is 293 g/mol. The number of hydrogen-bond acceptors (Lipinski definition) is 5. The van der Waals surface area contributed by atoms with Gasteiger partial charge in [-0.2, -0.15) is 0 Å². The molecule has 112 valence electrons. The minimum Gasteiger partial charge on any atom is -0.378 e. The zero-order valence-corrected chi connectivity index (χ0v) is 13.1. The molecule has 0 heterocycles. The van der Waals surface area contributed by atoms with Gasteiger partial charge in [-0.15, -0.1) is 4.52 Å². The summed E-state index contributed by atoms with van der Waals surface area (Å²) in [6.45, 7) is 7.00. The van der Waals surface area contributed by atoms with Crippen molar-refractivity contribution in [3.8, 4) is 0 Å². The first-order chi connectivity index (χ1) is 9.10. The molecule has 0 fully saturated rings. The van der Waals surface area contributed by atoms with Gasteiger partial charge in [-0.1, -0.05) is 0 Å². The molecular weight excluding hydrogens is 267 g/mol. The van der Waals surface area contributed by atoms with Gasteiger partial charge in [-0.3, -0.25) is 0 Å². The van der Waals surface area contributed by atoms with Crippen molar-refractivity contribution in [1.29, 1.82) is 0 Å². The first-order valence-corrected chi connectivity index (χ1v) is 8.43. The molecule has 0 rings (SSSR count). The number of carbonyl (C=O) groups is 1. The van der Waals surface area contributed by atoms with Crippen molar-refractivity contribution >= 4 is 14.3 Å². The summed E-state index contributed by atoms with van der Waals surface area (Å²) >= 11 is 0. The van der Waals surface area contributed by atoms with Gasteiger partial charge in [0.25, 0.3) is 0 Å². The van der Waals surface area contributed by atoms with E-state index in [1.807, 2.05) is 13.8 Å². The maximum atomic E-state index is 10.8. The smallest absolute Gasteiger partial charge is 0.378 e. The summed E-state index contributed by atoms with van der Waals surface area (Å²) in [5.41, 5.74) is 0. The highest BCUT2D eigenvalue weighted by molar-refractivity contribution is 7.38. The second-order valence-electron chi connectivity index (χ2n) is 4.39. The Balaban J connectivity index is 3.51. The Morgan fingerprint density at radius 2 is 2.00 bits per heavy atom. The second kappa shape index (κ2) is 12.7. The Morgan fingerprint density at radius 1 is 1.26 bits per heavy atom. The van der Waals surface area contributed by atoms with Crippen LogP contribution in [0.1, 0.15) is 39.5 Å². The zero-order valence-electron chi connectivity index (χ0n) is 12.2. The lowest BCUT2D eigenvalue weighted by molar-refractivity contribution is -0.110. The molecule has 0 saturated carbocycles. The van der Waals surface area contributed by atoms with E-state index in [4.69, 9.17) is 14.0 Å². The number of ether oxygens (including phenoxy) is 2. The third kappa shape index (κ3) is 12.4. The van der Waals surface area contributed by atoms with Crippen molar-refractivity contribution in [3.63, 3.8) is 0 Å². The monoisotopic (exact) mass is 293 g/mol. The first kappa shape index (κ1) is 18.7. The van der Waals surface area contributed by atoms with Crippen LogP contribution in [0.25, 0.3) is 0 Å². The number of aldehydes is 1. The van der Waals surface area contributed by atoms with Crippen molar-refractivity contribution in [1.82, 2.24) is 0 Å². The lowest BCUT2D eigenvalue weighted by atomic mass is 10.1. The predicted molar refractivity (Wildman–Crippen MR) is 74.8 cm³/mol. The van der Waals surface area contributed by atoms with Crippen molar-refractivity contribution in [2.45, 2.75) is 51.7 Å². The van der Waals surface area contributed by atoms with E-state index in [-0.39, 0.29) is 12.2 Å². The summed E-state index contributed by atoms with van der Waals surface area (Å²) in [4.78, 5) is 10.5. The van der Waals surface area contributed by atoms with Gasteiger partial charge in [0.15, 0.2) is 6.66 Å². The SMILES string of the molecule is CCOC(CC=O)CCCCO[C@H](C)CO[P+](C)=O. The Kier molecular flexibility index (Phi) is 12.4. The lowest BCUT2D eigenvalue weighted by Crippen LogP contribution is -2.16. The molecule has 0 radical (unpaired) electrons. The highest BCUT2D eigenvalue weighted by atomic mass is 31.1. The zero-order chi connectivity index (χ0) is 14.5. The summed E-state index contributed by atoms with van der Waals surface area (Å²) in [6.07, 6.45) is 4.12. The van der Waals surface area contributed by atoms with Crippen molar-refractivity contribution in [3.05, 3.63) is 0 Å². The van der Waals surface area contributed by atoms with Crippen LogP contribution >= 0.6 is 8.03 Å². The summed E-state index contributed by atoms with van der Waals surface area (Å²) in [7, 11) is -1.55. The van der Waals surface area contributed by atoms with Crippen molar-refractivity contribution < 1.29 is 23.4 Å². The van der Waals surface area contributed by atoms with Gasteiger partial charge in [0.1, 0.15) is 12.9 Å². The van der Waals surface area contributed by atoms with Crippen LogP contribution in [0.4, 0.5) is 0 Å². The van der Waals surface area contributed by atoms with Gasteiger partial charge < -0.3 is 14.3 Å². The summed E-state index contributed by atoms with van der Waals surface area (Å²) < 4.78 is 26.7. The van der Waals surface area contributed by atoms with Crippen LogP contribution in [0.2, 0.25) is 0 Å². The third-order valence-corrected chi connectivity index (χ3v) is 3.09. The van der Waals surface area contributed by atoms with Crippen LogP contribution in [0.5, 0.6) is 0 Å². The highest BCUT2D eigenvalue weighted by Gasteiger charge is 2.12. The highest BCUT2D eigenvalue weighted by Crippen LogP contribution is 2.16. The van der Waals surface area contributed by atoms with Gasteiger partial charge in [0.05, 0.1) is 12.2 Å². The van der Waals surface area contributed by atoms with E-state index in [0.717, 1.165) is 25.5 Å². The number of carbonyl (C=O) groups excluding carboxylic acids is 1. The van der Waals surface area contributed by atoms with Gasteiger partial charge >= 0.3 is 8.03 Å². The van der Waals surface area contributed by atoms with Crippen LogP contribution in [0.3, 0.4) is 0 Å². The van der Waals surface area contributed by atoms with E-state index in [1.165, 1.54) is 6.66 Å². The molecule has 3 atom stereocenters. The van der Waals surface area contributed by atoms with Gasteiger partial charge in [0.2, 0.25) is 0 Å². The second-order valence-corrected chi connectivity index (χ2v) is 5.53. The van der Waals surface area contributed by atoms with Crippen LogP contribution < -0.4 is 0 Å². The molecule has 0 aromatic heterocycles. The number of rotatable bonds is 13. The van der Waals surface area contributed by atoms with Crippen molar-refractivity contribution in [2.24, 2.45) is 0 Å². The molecule has 0 aliphatic rings. The molecule has 5 nitrogen and oxygen atoms in total. The summed E-state index contributed by atoms with van der Waals surface area (Å²) in [6, 6.07) is 0. The molecule has 0 spiro atoms. The van der Waals surface area contributed by atoms with E-state index in [2.05, 4.69) is 0 Å². The topological polar surface area (TPSA) is 61.8 Å². The molecule has 0 N–H and O–H groups in total. The Labute approximate surface area is 116 Å². The number of hydrogen-bond donors (Lipinski definition) is 0. The average Bonchev–Trinajstić information content (AvgIpc) is 2.36. The normalized spacial score (nSPS) is 15.0. The van der Waals surface area contributed by atoms with Gasteiger partial charge in [-0.05, 0) is 37.7 Å². The largest absolute Gasteiger partial charge is 0.504 e. The quantitative estimate of drug-likeness (QED) is 0.297. The van der Waals surface area contributed by atoms with Crippen molar-refractivity contribution in [2.75, 3.05) is 26.5 Å². The minimum atomic E-state index is -1.55. The molecular formula is C13H26O5P+. The molecule has 19 heavy (non-hydrogen) atoms. The molecule has 2 unspecified atom stereocenters. The van der Waals surface area contributed by atoms with E-state index in [0.29, 0.717) is 26.2 Å². The first-order valence-electron chi connectivity index (χ1n) is 6.80. The van der Waals surface area contributed by atoms with E-state index in [1.54, 1.807) is 0 Å². The Bertz CT molecular complexity index is 247. The maximum Gasteiger partial charge on any atom is 0.504 e.